The molecule has 31 heavy (non-hydrogen) atoms. The lowest BCUT2D eigenvalue weighted by atomic mass is 10.0. The highest BCUT2D eigenvalue weighted by Gasteiger charge is 2.19. The molecule has 7 heteroatoms. The number of carbonyl (C=O) groups excluding carboxylic acids is 1. The number of fused-ring (bicyclic) bond motifs is 1. The standard InChI is InChI=1S/C24H19N5O2/c1-16-22(23(28-31-16)18-7-3-2-4-8-18)20-15-29-14-19(9-10-21(29)27-20)24(30)26-13-17-6-5-11-25-12-17/h2-12,14-15H,13H2,1H3,(H,26,30). The summed E-state index contributed by atoms with van der Waals surface area (Å²) in [5.41, 5.74) is 5.52. The maximum atomic E-state index is 12.6. The third-order valence-electron chi connectivity index (χ3n) is 5.06. The van der Waals surface area contributed by atoms with Crippen LogP contribution in [0.2, 0.25) is 0 Å². The first-order chi connectivity index (χ1) is 15.2. The van der Waals surface area contributed by atoms with E-state index in [4.69, 9.17) is 9.51 Å². The molecule has 1 amide bonds. The van der Waals surface area contributed by atoms with E-state index in [9.17, 15) is 4.79 Å². The van der Waals surface area contributed by atoms with Crippen molar-refractivity contribution in [3.8, 4) is 22.5 Å². The highest BCUT2D eigenvalue weighted by molar-refractivity contribution is 5.94. The Hall–Kier alpha value is -4.26. The highest BCUT2D eigenvalue weighted by Crippen LogP contribution is 2.33. The third kappa shape index (κ3) is 3.69. The Bertz CT molecular complexity index is 1360. The highest BCUT2D eigenvalue weighted by atomic mass is 16.5. The van der Waals surface area contributed by atoms with Crippen LogP contribution >= 0.6 is 0 Å². The molecule has 5 rings (SSSR count). The van der Waals surface area contributed by atoms with Gasteiger partial charge in [-0.1, -0.05) is 41.6 Å². The van der Waals surface area contributed by atoms with Crippen LogP contribution in [0.5, 0.6) is 0 Å². The number of nitrogens with one attached hydrogen (secondary N) is 1. The second-order valence-corrected chi connectivity index (χ2v) is 7.18. The van der Waals surface area contributed by atoms with Crippen molar-refractivity contribution in [2.45, 2.75) is 13.5 Å². The second-order valence-electron chi connectivity index (χ2n) is 7.18. The van der Waals surface area contributed by atoms with E-state index in [0.29, 0.717) is 17.9 Å². The zero-order valence-electron chi connectivity index (χ0n) is 16.8. The summed E-state index contributed by atoms with van der Waals surface area (Å²) in [6.45, 7) is 2.29. The van der Waals surface area contributed by atoms with Crippen LogP contribution < -0.4 is 5.32 Å². The molecule has 0 aliphatic rings. The van der Waals surface area contributed by atoms with Gasteiger partial charge >= 0.3 is 0 Å². The first-order valence-corrected chi connectivity index (χ1v) is 9.87. The zero-order valence-corrected chi connectivity index (χ0v) is 16.8. The van der Waals surface area contributed by atoms with Crippen molar-refractivity contribution in [3.05, 3.63) is 96.3 Å². The van der Waals surface area contributed by atoms with Gasteiger partial charge in [-0.2, -0.15) is 0 Å². The van der Waals surface area contributed by atoms with E-state index in [2.05, 4.69) is 15.5 Å². The second kappa shape index (κ2) is 7.87. The molecule has 0 bridgehead atoms. The maximum Gasteiger partial charge on any atom is 0.253 e. The molecule has 4 aromatic heterocycles. The minimum Gasteiger partial charge on any atom is -0.360 e. The number of aromatic nitrogens is 4. The number of imidazole rings is 1. The molecule has 152 valence electrons. The number of aryl methyl sites for hydroxylation is 1. The molecule has 0 atom stereocenters. The molecular weight excluding hydrogens is 390 g/mol. The Morgan fingerprint density at radius 3 is 2.74 bits per heavy atom. The number of hydrogen-bond donors (Lipinski definition) is 1. The first kappa shape index (κ1) is 18.7. The van der Waals surface area contributed by atoms with Gasteiger partial charge in [0.05, 0.1) is 16.8 Å². The lowest BCUT2D eigenvalue weighted by Crippen LogP contribution is -2.23. The number of hydrogen-bond acceptors (Lipinski definition) is 5. The fourth-order valence-electron chi connectivity index (χ4n) is 3.50. The van der Waals surface area contributed by atoms with Gasteiger partial charge in [0.1, 0.15) is 17.1 Å². The summed E-state index contributed by atoms with van der Waals surface area (Å²) in [4.78, 5) is 21.4. The molecule has 0 aliphatic carbocycles. The SMILES string of the molecule is Cc1onc(-c2ccccc2)c1-c1cn2cc(C(=O)NCc3cccnc3)ccc2n1. The fourth-order valence-corrected chi connectivity index (χ4v) is 3.50. The number of pyridine rings is 2. The molecule has 1 N–H and O–H groups in total. The summed E-state index contributed by atoms with van der Waals surface area (Å²) >= 11 is 0. The summed E-state index contributed by atoms with van der Waals surface area (Å²) in [5.74, 6) is 0.531. The van der Waals surface area contributed by atoms with Crippen molar-refractivity contribution in [1.29, 1.82) is 0 Å². The third-order valence-corrected chi connectivity index (χ3v) is 5.06. The molecule has 4 heterocycles. The lowest BCUT2D eigenvalue weighted by molar-refractivity contribution is 0.0950. The fraction of sp³-hybridized carbons (Fsp3) is 0.0833. The van der Waals surface area contributed by atoms with Crippen molar-refractivity contribution in [3.63, 3.8) is 0 Å². The van der Waals surface area contributed by atoms with Gasteiger partial charge in [-0.05, 0) is 30.7 Å². The van der Waals surface area contributed by atoms with Gasteiger partial charge in [0, 0.05) is 36.9 Å². The topological polar surface area (TPSA) is 85.3 Å². The van der Waals surface area contributed by atoms with Gasteiger partial charge in [0.15, 0.2) is 0 Å². The average Bonchev–Trinajstić information content (AvgIpc) is 3.41. The van der Waals surface area contributed by atoms with Crippen LogP contribution in [0, 0.1) is 6.92 Å². The van der Waals surface area contributed by atoms with E-state index in [1.807, 2.05) is 66.1 Å². The molecule has 5 aromatic rings. The van der Waals surface area contributed by atoms with Gasteiger partial charge in [-0.15, -0.1) is 0 Å². The molecule has 0 spiro atoms. The average molecular weight is 409 g/mol. The number of carbonyl (C=O) groups is 1. The quantitative estimate of drug-likeness (QED) is 0.468. The van der Waals surface area contributed by atoms with E-state index in [-0.39, 0.29) is 5.91 Å². The van der Waals surface area contributed by atoms with Crippen LogP contribution in [0.15, 0.2) is 83.9 Å². The number of rotatable bonds is 5. The summed E-state index contributed by atoms with van der Waals surface area (Å²) in [7, 11) is 0. The maximum absolute atomic E-state index is 12.6. The van der Waals surface area contributed by atoms with Crippen molar-refractivity contribution in [2.75, 3.05) is 0 Å². The summed E-state index contributed by atoms with van der Waals surface area (Å²) in [5, 5.41) is 7.15. The van der Waals surface area contributed by atoms with E-state index in [1.165, 1.54) is 0 Å². The van der Waals surface area contributed by atoms with Gasteiger partial charge in [-0.3, -0.25) is 9.78 Å². The van der Waals surface area contributed by atoms with Gasteiger partial charge < -0.3 is 14.2 Å². The predicted octanol–water partition coefficient (Wildman–Crippen LogP) is 4.29. The Morgan fingerprint density at radius 2 is 1.94 bits per heavy atom. The van der Waals surface area contributed by atoms with Crippen LogP contribution in [-0.2, 0) is 6.54 Å². The minimum atomic E-state index is -0.160. The molecule has 1 aromatic carbocycles. The molecular formula is C24H19N5O2. The van der Waals surface area contributed by atoms with Gasteiger partial charge in [-0.25, -0.2) is 4.98 Å². The van der Waals surface area contributed by atoms with Crippen LogP contribution in [0.25, 0.3) is 28.2 Å². The van der Waals surface area contributed by atoms with E-state index in [0.717, 1.165) is 33.7 Å². The van der Waals surface area contributed by atoms with E-state index >= 15 is 0 Å². The Balaban J connectivity index is 1.44. The summed E-state index contributed by atoms with van der Waals surface area (Å²) in [6.07, 6.45) is 7.10. The molecule has 0 unspecified atom stereocenters. The van der Waals surface area contributed by atoms with Crippen LogP contribution in [0.4, 0.5) is 0 Å². The van der Waals surface area contributed by atoms with Gasteiger partial charge in [0.25, 0.3) is 5.91 Å². The smallest absolute Gasteiger partial charge is 0.253 e. The molecule has 0 aliphatic heterocycles. The number of nitrogens with zero attached hydrogens (tertiary/aromatic N) is 4. The monoisotopic (exact) mass is 409 g/mol. The number of benzene rings is 1. The molecule has 0 fully saturated rings. The normalized spacial score (nSPS) is 11.0. The molecule has 0 saturated carbocycles. The predicted molar refractivity (Wildman–Crippen MR) is 116 cm³/mol. The first-order valence-electron chi connectivity index (χ1n) is 9.87. The summed E-state index contributed by atoms with van der Waals surface area (Å²) < 4.78 is 7.31. The molecule has 0 saturated heterocycles. The van der Waals surface area contributed by atoms with Crippen molar-refractivity contribution < 1.29 is 9.32 Å². The van der Waals surface area contributed by atoms with Crippen molar-refractivity contribution >= 4 is 11.6 Å². The number of amides is 1. The van der Waals surface area contributed by atoms with Crippen LogP contribution in [-0.4, -0.2) is 25.4 Å². The van der Waals surface area contributed by atoms with E-state index < -0.39 is 0 Å². The van der Waals surface area contributed by atoms with Crippen LogP contribution in [0.1, 0.15) is 21.7 Å². The van der Waals surface area contributed by atoms with Crippen LogP contribution in [0.3, 0.4) is 0 Å². The lowest BCUT2D eigenvalue weighted by Gasteiger charge is -2.05. The van der Waals surface area contributed by atoms with Crippen molar-refractivity contribution in [2.24, 2.45) is 0 Å². The zero-order chi connectivity index (χ0) is 21.2. The summed E-state index contributed by atoms with van der Waals surface area (Å²) in [6, 6.07) is 17.2. The van der Waals surface area contributed by atoms with E-state index in [1.54, 1.807) is 24.7 Å². The minimum absolute atomic E-state index is 0.160. The Morgan fingerprint density at radius 1 is 1.06 bits per heavy atom. The Labute approximate surface area is 178 Å². The van der Waals surface area contributed by atoms with Crippen molar-refractivity contribution in [1.82, 2.24) is 24.8 Å². The van der Waals surface area contributed by atoms with Gasteiger partial charge in [0.2, 0.25) is 0 Å². The molecule has 7 nitrogen and oxygen atoms in total. The molecule has 0 radical (unpaired) electrons. The Kier molecular flexibility index (Phi) is 4.76. The largest absolute Gasteiger partial charge is 0.360 e.